The number of rotatable bonds is 8. The van der Waals surface area contributed by atoms with Crippen LogP contribution < -0.4 is 0 Å². The summed E-state index contributed by atoms with van der Waals surface area (Å²) in [7, 11) is 0. The van der Waals surface area contributed by atoms with Gasteiger partial charge in [0.25, 0.3) is 0 Å². The quantitative estimate of drug-likeness (QED) is 0.714. The molecule has 1 aromatic carbocycles. The van der Waals surface area contributed by atoms with Crippen molar-refractivity contribution in [2.45, 2.75) is 18.6 Å². The molecule has 1 aromatic heterocycles. The first kappa shape index (κ1) is 16.8. The molecule has 0 aliphatic rings. The number of benzene rings is 1. The summed E-state index contributed by atoms with van der Waals surface area (Å²) in [6, 6.07) is 6.95. The van der Waals surface area contributed by atoms with Gasteiger partial charge in [-0.3, -0.25) is 4.79 Å². The third-order valence-corrected chi connectivity index (χ3v) is 4.50. The van der Waals surface area contributed by atoms with Crippen LogP contribution in [0.2, 0.25) is 5.02 Å². The van der Waals surface area contributed by atoms with E-state index in [1.165, 1.54) is 24.4 Å². The summed E-state index contributed by atoms with van der Waals surface area (Å²) in [5, 5.41) is 24.3. The molecule has 0 aliphatic carbocycles. The first-order valence-electron chi connectivity index (χ1n) is 6.60. The molecule has 22 heavy (non-hydrogen) atoms. The van der Waals surface area contributed by atoms with E-state index in [2.05, 4.69) is 10.1 Å². The number of nitrogens with zero attached hydrogens (tertiary/aromatic N) is 3. The molecule has 1 heterocycles. The predicted octanol–water partition coefficient (Wildman–Crippen LogP) is 2.03. The number of thioether (sulfide) groups is 1. The zero-order valence-corrected chi connectivity index (χ0v) is 13.3. The van der Waals surface area contributed by atoms with Gasteiger partial charge >= 0.3 is 5.97 Å². The van der Waals surface area contributed by atoms with E-state index in [-0.39, 0.29) is 13.0 Å². The second-order valence-electron chi connectivity index (χ2n) is 4.83. The van der Waals surface area contributed by atoms with Crippen molar-refractivity contribution in [3.05, 3.63) is 47.5 Å². The molecular weight excluding hydrogens is 326 g/mol. The average molecular weight is 342 g/mol. The fourth-order valence-electron chi connectivity index (χ4n) is 1.96. The second-order valence-corrected chi connectivity index (χ2v) is 6.37. The predicted molar refractivity (Wildman–Crippen MR) is 84.9 cm³/mol. The first-order valence-corrected chi connectivity index (χ1v) is 8.13. The molecule has 0 spiro atoms. The summed E-state index contributed by atoms with van der Waals surface area (Å²) in [6.45, 7) is 0.231. The van der Waals surface area contributed by atoms with Gasteiger partial charge in [0.05, 0.1) is 13.0 Å². The largest absolute Gasteiger partial charge is 0.481 e. The number of hydrogen-bond acceptors (Lipinski definition) is 5. The highest BCUT2D eigenvalue weighted by atomic mass is 35.5. The third-order valence-electron chi connectivity index (χ3n) is 3.07. The Morgan fingerprint density at radius 1 is 1.36 bits per heavy atom. The highest BCUT2D eigenvalue weighted by Gasteiger charge is 2.30. The van der Waals surface area contributed by atoms with Crippen LogP contribution in [-0.2, 0) is 16.9 Å². The van der Waals surface area contributed by atoms with E-state index in [1.807, 2.05) is 0 Å². The molecule has 2 aromatic rings. The number of aliphatic carboxylic acids is 1. The van der Waals surface area contributed by atoms with Crippen LogP contribution in [0.1, 0.15) is 12.0 Å². The molecule has 2 rings (SSSR count). The maximum Gasteiger partial charge on any atom is 0.304 e. The normalized spacial score (nSPS) is 13.7. The Morgan fingerprint density at radius 2 is 2.09 bits per heavy atom. The van der Waals surface area contributed by atoms with Crippen LogP contribution in [0.5, 0.6) is 0 Å². The van der Waals surface area contributed by atoms with Crippen LogP contribution in [0.4, 0.5) is 0 Å². The van der Waals surface area contributed by atoms with Crippen LogP contribution in [0, 0.1) is 0 Å². The molecule has 118 valence electrons. The fourth-order valence-corrected chi connectivity index (χ4v) is 3.15. The van der Waals surface area contributed by atoms with E-state index < -0.39 is 11.6 Å². The zero-order chi connectivity index (χ0) is 16.0. The number of aliphatic hydroxyl groups is 1. The van der Waals surface area contributed by atoms with Crippen molar-refractivity contribution in [1.29, 1.82) is 0 Å². The van der Waals surface area contributed by atoms with Gasteiger partial charge in [0.15, 0.2) is 0 Å². The number of halogens is 1. The lowest BCUT2D eigenvalue weighted by Crippen LogP contribution is -2.34. The van der Waals surface area contributed by atoms with E-state index in [9.17, 15) is 9.90 Å². The van der Waals surface area contributed by atoms with Gasteiger partial charge in [-0.1, -0.05) is 23.7 Å². The van der Waals surface area contributed by atoms with Crippen molar-refractivity contribution in [3.8, 4) is 0 Å². The number of carbonyl (C=O) groups is 1. The SMILES string of the molecule is O=C(O)CCSCC(O)(Cn1cncn1)c1ccc(Cl)cc1. The highest BCUT2D eigenvalue weighted by molar-refractivity contribution is 7.99. The molecule has 8 heteroatoms. The summed E-state index contributed by atoms with van der Waals surface area (Å²) in [5.74, 6) is -0.0662. The van der Waals surface area contributed by atoms with Crippen molar-refractivity contribution < 1.29 is 15.0 Å². The monoisotopic (exact) mass is 341 g/mol. The number of carboxylic acid groups (broad SMARTS) is 1. The maximum atomic E-state index is 11.0. The van der Waals surface area contributed by atoms with Crippen LogP contribution in [0.25, 0.3) is 0 Å². The Balaban J connectivity index is 2.12. The smallest absolute Gasteiger partial charge is 0.304 e. The Morgan fingerprint density at radius 3 is 2.68 bits per heavy atom. The molecule has 1 unspecified atom stereocenters. The number of hydrogen-bond donors (Lipinski definition) is 2. The topological polar surface area (TPSA) is 88.2 Å². The van der Waals surface area contributed by atoms with Crippen molar-refractivity contribution in [2.75, 3.05) is 11.5 Å². The standard InChI is InChI=1S/C14H16ClN3O3S/c15-12-3-1-11(2-4-12)14(21,7-18-10-16-9-17-18)8-22-6-5-13(19)20/h1-4,9-10,21H,5-8H2,(H,19,20). The number of carboxylic acids is 1. The third kappa shape index (κ3) is 4.72. The molecule has 6 nitrogen and oxygen atoms in total. The van der Waals surface area contributed by atoms with Crippen molar-refractivity contribution >= 4 is 29.3 Å². The molecular formula is C14H16ClN3O3S. The van der Waals surface area contributed by atoms with Gasteiger partial charge in [-0.2, -0.15) is 16.9 Å². The van der Waals surface area contributed by atoms with Gasteiger partial charge in [0.2, 0.25) is 0 Å². The van der Waals surface area contributed by atoms with E-state index in [0.29, 0.717) is 22.1 Å². The molecule has 2 N–H and O–H groups in total. The van der Waals surface area contributed by atoms with Crippen LogP contribution in [-0.4, -0.2) is 42.5 Å². The van der Waals surface area contributed by atoms with E-state index in [0.717, 1.165) is 0 Å². The average Bonchev–Trinajstić information content (AvgIpc) is 2.97. The molecule has 0 radical (unpaired) electrons. The first-order chi connectivity index (χ1) is 10.5. The van der Waals surface area contributed by atoms with Crippen LogP contribution in [0.15, 0.2) is 36.9 Å². The van der Waals surface area contributed by atoms with E-state index >= 15 is 0 Å². The van der Waals surface area contributed by atoms with E-state index in [4.69, 9.17) is 16.7 Å². The maximum absolute atomic E-state index is 11.0. The fraction of sp³-hybridized carbons (Fsp3) is 0.357. The minimum absolute atomic E-state index is 0.0602. The lowest BCUT2D eigenvalue weighted by Gasteiger charge is -2.28. The van der Waals surface area contributed by atoms with Gasteiger partial charge < -0.3 is 10.2 Å². The summed E-state index contributed by atoms with van der Waals surface area (Å²) in [5.41, 5.74) is -0.475. The van der Waals surface area contributed by atoms with E-state index in [1.54, 1.807) is 28.9 Å². The molecule has 0 saturated carbocycles. The van der Waals surface area contributed by atoms with Gasteiger partial charge in [-0.25, -0.2) is 9.67 Å². The van der Waals surface area contributed by atoms with Crippen molar-refractivity contribution in [3.63, 3.8) is 0 Å². The van der Waals surface area contributed by atoms with Crippen molar-refractivity contribution in [2.24, 2.45) is 0 Å². The van der Waals surface area contributed by atoms with Crippen LogP contribution >= 0.6 is 23.4 Å². The minimum atomic E-state index is -1.18. The minimum Gasteiger partial charge on any atom is -0.481 e. The molecule has 0 amide bonds. The lowest BCUT2D eigenvalue weighted by atomic mass is 9.96. The Kier molecular flexibility index (Phi) is 5.82. The molecule has 0 aliphatic heterocycles. The molecule has 0 saturated heterocycles. The van der Waals surface area contributed by atoms with Gasteiger partial charge in [0.1, 0.15) is 18.3 Å². The summed E-state index contributed by atoms with van der Waals surface area (Å²) >= 11 is 7.27. The summed E-state index contributed by atoms with van der Waals surface area (Å²) in [4.78, 5) is 14.4. The highest BCUT2D eigenvalue weighted by Crippen LogP contribution is 2.29. The van der Waals surface area contributed by atoms with Gasteiger partial charge in [0, 0.05) is 16.5 Å². The molecule has 0 fully saturated rings. The summed E-state index contributed by atoms with van der Waals surface area (Å²) < 4.78 is 1.55. The Bertz CT molecular complexity index is 606. The summed E-state index contributed by atoms with van der Waals surface area (Å²) in [6.07, 6.45) is 2.99. The Labute approximate surface area is 137 Å². The van der Waals surface area contributed by atoms with Gasteiger partial charge in [-0.05, 0) is 17.7 Å². The molecule has 0 bridgehead atoms. The Hall–Kier alpha value is -1.57. The zero-order valence-electron chi connectivity index (χ0n) is 11.7. The molecule has 1 atom stereocenters. The van der Waals surface area contributed by atoms with Crippen LogP contribution in [0.3, 0.4) is 0 Å². The second kappa shape index (κ2) is 7.62. The van der Waals surface area contributed by atoms with Crippen molar-refractivity contribution in [1.82, 2.24) is 14.8 Å². The van der Waals surface area contributed by atoms with Gasteiger partial charge in [-0.15, -0.1) is 0 Å². The number of aromatic nitrogens is 3. The lowest BCUT2D eigenvalue weighted by molar-refractivity contribution is -0.136.